The van der Waals surface area contributed by atoms with E-state index >= 15 is 0 Å². The topological polar surface area (TPSA) is 53.0 Å². The number of Topliss-reactive ketones (excluding diaryl/α,β-unsaturated/α-hetero) is 1. The Morgan fingerprint density at radius 1 is 1.07 bits per heavy atom. The number of nitrogens with zero attached hydrogens (tertiary/aromatic N) is 2. The SMILES string of the molecule is COc1ccc2c(c1)C(=O)/C(=C\c1ccc(N3CCN(CCO)CC3)cc1)C2. The molecule has 1 fully saturated rings. The van der Waals surface area contributed by atoms with Crippen molar-refractivity contribution >= 4 is 17.5 Å². The first-order valence-electron chi connectivity index (χ1n) is 9.78. The van der Waals surface area contributed by atoms with Gasteiger partial charge in [-0.15, -0.1) is 0 Å². The number of ether oxygens (including phenoxy) is 1. The number of ketones is 1. The highest BCUT2D eigenvalue weighted by atomic mass is 16.5. The summed E-state index contributed by atoms with van der Waals surface area (Å²) in [4.78, 5) is 17.4. The summed E-state index contributed by atoms with van der Waals surface area (Å²) in [6.45, 7) is 4.86. The number of rotatable bonds is 5. The average molecular weight is 378 g/mol. The fourth-order valence-electron chi connectivity index (χ4n) is 3.98. The maximum absolute atomic E-state index is 12.7. The van der Waals surface area contributed by atoms with Gasteiger partial charge in [0.2, 0.25) is 0 Å². The normalized spacial score (nSPS) is 18.6. The molecule has 4 rings (SSSR count). The standard InChI is InChI=1S/C23H26N2O3/c1-28-21-7-4-18-15-19(23(27)22(18)16-21)14-17-2-5-20(6-3-17)25-10-8-24(9-11-25)12-13-26/h2-7,14,16,26H,8-13,15H2,1H3/b19-14-. The molecule has 5 heteroatoms. The number of anilines is 1. The largest absolute Gasteiger partial charge is 0.497 e. The summed E-state index contributed by atoms with van der Waals surface area (Å²) >= 11 is 0. The van der Waals surface area contributed by atoms with Gasteiger partial charge in [0, 0.05) is 56.0 Å². The molecule has 0 aromatic heterocycles. The minimum Gasteiger partial charge on any atom is -0.497 e. The summed E-state index contributed by atoms with van der Waals surface area (Å²) in [6, 6.07) is 14.1. The van der Waals surface area contributed by atoms with Crippen LogP contribution in [0.15, 0.2) is 48.0 Å². The highest BCUT2D eigenvalue weighted by molar-refractivity contribution is 6.15. The predicted molar refractivity (Wildman–Crippen MR) is 111 cm³/mol. The van der Waals surface area contributed by atoms with Crippen molar-refractivity contribution in [2.75, 3.05) is 51.3 Å². The Morgan fingerprint density at radius 2 is 1.82 bits per heavy atom. The van der Waals surface area contributed by atoms with Crippen LogP contribution in [0.4, 0.5) is 5.69 Å². The first kappa shape index (κ1) is 18.7. The van der Waals surface area contributed by atoms with Crippen molar-refractivity contribution in [1.29, 1.82) is 0 Å². The third-order valence-corrected chi connectivity index (χ3v) is 5.62. The zero-order valence-corrected chi connectivity index (χ0v) is 16.2. The molecule has 1 N–H and O–H groups in total. The lowest BCUT2D eigenvalue weighted by atomic mass is 10.1. The quantitative estimate of drug-likeness (QED) is 0.811. The lowest BCUT2D eigenvalue weighted by molar-refractivity contribution is 0.104. The first-order valence-corrected chi connectivity index (χ1v) is 9.78. The summed E-state index contributed by atoms with van der Waals surface area (Å²) in [5, 5.41) is 9.06. The van der Waals surface area contributed by atoms with Crippen LogP contribution in [-0.4, -0.2) is 62.2 Å². The van der Waals surface area contributed by atoms with E-state index in [4.69, 9.17) is 9.84 Å². The fraction of sp³-hybridized carbons (Fsp3) is 0.348. The van der Waals surface area contributed by atoms with E-state index in [1.165, 1.54) is 5.69 Å². The number of carbonyl (C=O) groups is 1. The molecule has 2 aliphatic rings. The van der Waals surface area contributed by atoms with Gasteiger partial charge in [-0.2, -0.15) is 0 Å². The van der Waals surface area contributed by atoms with E-state index < -0.39 is 0 Å². The van der Waals surface area contributed by atoms with Gasteiger partial charge in [0.25, 0.3) is 0 Å². The molecule has 1 saturated heterocycles. The Bertz CT molecular complexity index is 881. The summed E-state index contributed by atoms with van der Waals surface area (Å²) in [6.07, 6.45) is 2.67. The Kier molecular flexibility index (Phi) is 5.46. The summed E-state index contributed by atoms with van der Waals surface area (Å²) in [7, 11) is 1.62. The van der Waals surface area contributed by atoms with Crippen molar-refractivity contribution in [2.45, 2.75) is 6.42 Å². The Morgan fingerprint density at radius 3 is 2.50 bits per heavy atom. The number of β-amino-alcohol motifs (C(OH)–C–C–N with tert-alkyl or cyclic N) is 1. The first-order chi connectivity index (χ1) is 13.7. The van der Waals surface area contributed by atoms with E-state index in [1.54, 1.807) is 7.11 Å². The lowest BCUT2D eigenvalue weighted by Crippen LogP contribution is -2.47. The minimum atomic E-state index is 0.0954. The van der Waals surface area contributed by atoms with E-state index in [-0.39, 0.29) is 12.4 Å². The monoisotopic (exact) mass is 378 g/mol. The molecule has 0 atom stereocenters. The average Bonchev–Trinajstić information content (AvgIpc) is 3.04. The van der Waals surface area contributed by atoms with E-state index in [1.807, 2.05) is 24.3 Å². The molecule has 1 aliphatic heterocycles. The van der Waals surface area contributed by atoms with E-state index in [2.05, 4.69) is 34.1 Å². The predicted octanol–water partition coefficient (Wildman–Crippen LogP) is 2.63. The number of methoxy groups -OCH3 is 1. The molecule has 0 radical (unpaired) electrons. The molecule has 0 spiro atoms. The van der Waals surface area contributed by atoms with Crippen molar-refractivity contribution in [3.05, 3.63) is 64.7 Å². The second kappa shape index (κ2) is 8.17. The van der Waals surface area contributed by atoms with Crippen LogP contribution in [0, 0.1) is 0 Å². The van der Waals surface area contributed by atoms with Gasteiger partial charge in [-0.3, -0.25) is 9.69 Å². The number of hydrogen-bond donors (Lipinski definition) is 1. The molecule has 146 valence electrons. The van der Waals surface area contributed by atoms with Gasteiger partial charge in [-0.05, 0) is 41.5 Å². The Labute approximate surface area is 165 Å². The highest BCUT2D eigenvalue weighted by Gasteiger charge is 2.25. The summed E-state index contributed by atoms with van der Waals surface area (Å²) < 4.78 is 5.24. The van der Waals surface area contributed by atoms with Crippen molar-refractivity contribution < 1.29 is 14.6 Å². The zero-order chi connectivity index (χ0) is 19.5. The van der Waals surface area contributed by atoms with Crippen LogP contribution < -0.4 is 9.64 Å². The molecule has 0 amide bonds. The van der Waals surface area contributed by atoms with Gasteiger partial charge < -0.3 is 14.7 Å². The Balaban J connectivity index is 1.44. The number of benzene rings is 2. The smallest absolute Gasteiger partial charge is 0.189 e. The molecular formula is C23H26N2O3. The number of piperazine rings is 1. The fourth-order valence-corrected chi connectivity index (χ4v) is 3.98. The number of hydrogen-bond acceptors (Lipinski definition) is 5. The van der Waals surface area contributed by atoms with Gasteiger partial charge in [0.1, 0.15) is 5.75 Å². The lowest BCUT2D eigenvalue weighted by Gasteiger charge is -2.35. The number of aliphatic hydroxyl groups excluding tert-OH is 1. The summed E-state index contributed by atoms with van der Waals surface area (Å²) in [5.41, 5.74) is 4.90. The highest BCUT2D eigenvalue weighted by Crippen LogP contribution is 2.31. The van der Waals surface area contributed by atoms with Crippen LogP contribution in [0.1, 0.15) is 21.5 Å². The van der Waals surface area contributed by atoms with Crippen molar-refractivity contribution in [1.82, 2.24) is 4.90 Å². The Hall–Kier alpha value is -2.63. The molecular weight excluding hydrogens is 352 g/mol. The van der Waals surface area contributed by atoms with Gasteiger partial charge in [0.15, 0.2) is 5.78 Å². The molecule has 5 nitrogen and oxygen atoms in total. The van der Waals surface area contributed by atoms with Crippen LogP contribution in [-0.2, 0) is 6.42 Å². The molecule has 0 bridgehead atoms. The molecule has 1 aliphatic carbocycles. The van der Waals surface area contributed by atoms with E-state index in [9.17, 15) is 4.79 Å². The maximum Gasteiger partial charge on any atom is 0.189 e. The van der Waals surface area contributed by atoms with Crippen LogP contribution >= 0.6 is 0 Å². The number of fused-ring (bicyclic) bond motifs is 1. The number of aliphatic hydroxyl groups is 1. The molecule has 28 heavy (non-hydrogen) atoms. The van der Waals surface area contributed by atoms with Crippen LogP contribution in [0.25, 0.3) is 6.08 Å². The van der Waals surface area contributed by atoms with Crippen molar-refractivity contribution in [2.24, 2.45) is 0 Å². The molecule has 1 heterocycles. The minimum absolute atomic E-state index is 0.0954. The second-order valence-electron chi connectivity index (χ2n) is 7.34. The van der Waals surface area contributed by atoms with Gasteiger partial charge in [-0.25, -0.2) is 0 Å². The molecule has 2 aromatic carbocycles. The van der Waals surface area contributed by atoms with E-state index in [0.29, 0.717) is 6.42 Å². The van der Waals surface area contributed by atoms with Gasteiger partial charge >= 0.3 is 0 Å². The van der Waals surface area contributed by atoms with Crippen molar-refractivity contribution in [3.8, 4) is 5.75 Å². The van der Waals surface area contributed by atoms with E-state index in [0.717, 1.165) is 60.7 Å². The van der Waals surface area contributed by atoms with Crippen molar-refractivity contribution in [3.63, 3.8) is 0 Å². The molecule has 2 aromatic rings. The third kappa shape index (κ3) is 3.81. The van der Waals surface area contributed by atoms with Gasteiger partial charge in [-0.1, -0.05) is 18.2 Å². The summed E-state index contributed by atoms with van der Waals surface area (Å²) in [5.74, 6) is 0.815. The van der Waals surface area contributed by atoms with Gasteiger partial charge in [0.05, 0.1) is 13.7 Å². The maximum atomic E-state index is 12.7. The second-order valence-corrected chi connectivity index (χ2v) is 7.34. The molecule has 0 unspecified atom stereocenters. The zero-order valence-electron chi connectivity index (χ0n) is 16.2. The van der Waals surface area contributed by atoms with Crippen LogP contribution in [0.3, 0.4) is 0 Å². The number of carbonyl (C=O) groups excluding carboxylic acids is 1. The van der Waals surface area contributed by atoms with Crippen LogP contribution in [0.2, 0.25) is 0 Å². The van der Waals surface area contributed by atoms with Crippen LogP contribution in [0.5, 0.6) is 5.75 Å². The molecule has 0 saturated carbocycles. The third-order valence-electron chi connectivity index (χ3n) is 5.62. The number of allylic oxidation sites excluding steroid dienone is 1.